The lowest BCUT2D eigenvalue weighted by molar-refractivity contribution is -0.140. The van der Waals surface area contributed by atoms with Crippen LogP contribution in [-0.4, -0.2) is 59.8 Å². The number of carbonyl (C=O) groups is 3. The van der Waals surface area contributed by atoms with Gasteiger partial charge in [-0.3, -0.25) is 19.4 Å². The highest BCUT2D eigenvalue weighted by molar-refractivity contribution is 5.98. The molecular formula is C19H27N3O4. The second kappa shape index (κ2) is 10.0. The Balaban J connectivity index is 1.89. The zero-order valence-corrected chi connectivity index (χ0v) is 15.4. The van der Waals surface area contributed by atoms with E-state index >= 15 is 0 Å². The fraction of sp³-hybridized carbons (Fsp3) is 0.579. The largest absolute Gasteiger partial charge is 0.378 e. The van der Waals surface area contributed by atoms with E-state index in [4.69, 9.17) is 4.74 Å². The van der Waals surface area contributed by atoms with Crippen LogP contribution in [0.4, 0.5) is 0 Å². The number of nitrogens with zero attached hydrogens (tertiary/aromatic N) is 2. The molecule has 2 amide bonds. The monoisotopic (exact) mass is 361 g/mol. The van der Waals surface area contributed by atoms with Gasteiger partial charge in [-0.05, 0) is 24.5 Å². The number of Topliss-reactive ketones (excluding diaryl/α,β-unsaturated/α-hetero) is 1. The summed E-state index contributed by atoms with van der Waals surface area (Å²) in [6.07, 6.45) is 3.80. The highest BCUT2D eigenvalue weighted by Crippen LogP contribution is 2.11. The van der Waals surface area contributed by atoms with Gasteiger partial charge in [0.25, 0.3) is 0 Å². The van der Waals surface area contributed by atoms with Crippen molar-refractivity contribution in [2.24, 2.45) is 5.92 Å². The molecule has 2 heterocycles. The van der Waals surface area contributed by atoms with Crippen LogP contribution in [0.5, 0.6) is 0 Å². The third-order valence-electron chi connectivity index (χ3n) is 4.23. The van der Waals surface area contributed by atoms with Gasteiger partial charge in [-0.25, -0.2) is 0 Å². The van der Waals surface area contributed by atoms with Crippen molar-refractivity contribution in [1.29, 1.82) is 0 Å². The van der Waals surface area contributed by atoms with Gasteiger partial charge in [-0.15, -0.1) is 0 Å². The van der Waals surface area contributed by atoms with Crippen molar-refractivity contribution in [3.05, 3.63) is 30.1 Å². The molecule has 26 heavy (non-hydrogen) atoms. The van der Waals surface area contributed by atoms with E-state index in [-0.39, 0.29) is 36.4 Å². The van der Waals surface area contributed by atoms with E-state index in [0.29, 0.717) is 38.3 Å². The summed E-state index contributed by atoms with van der Waals surface area (Å²) in [5.41, 5.74) is 0.489. The quantitative estimate of drug-likeness (QED) is 0.708. The fourth-order valence-electron chi connectivity index (χ4n) is 2.86. The predicted octanol–water partition coefficient (Wildman–Crippen LogP) is 1.43. The van der Waals surface area contributed by atoms with Gasteiger partial charge in [0.2, 0.25) is 11.8 Å². The third kappa shape index (κ3) is 6.22. The molecule has 1 aromatic rings. The van der Waals surface area contributed by atoms with Gasteiger partial charge in [0.15, 0.2) is 5.78 Å². The number of carbonyl (C=O) groups excluding carboxylic acids is 3. The number of rotatable bonds is 8. The Morgan fingerprint density at radius 3 is 2.58 bits per heavy atom. The number of nitrogens with one attached hydrogen (secondary N) is 1. The minimum Gasteiger partial charge on any atom is -0.378 e. The lowest BCUT2D eigenvalue weighted by Crippen LogP contribution is -2.52. The van der Waals surface area contributed by atoms with Crippen LogP contribution in [0, 0.1) is 5.92 Å². The van der Waals surface area contributed by atoms with Crippen molar-refractivity contribution in [1.82, 2.24) is 15.2 Å². The SMILES string of the molecule is CC(C)CC(NC(=O)CCC(=O)c1cccnc1)C(=O)N1CCOCC1. The molecule has 1 aliphatic heterocycles. The molecule has 0 spiro atoms. The number of hydrogen-bond donors (Lipinski definition) is 1. The summed E-state index contributed by atoms with van der Waals surface area (Å²) in [6.45, 7) is 6.16. The first-order valence-electron chi connectivity index (χ1n) is 9.06. The number of ether oxygens (including phenoxy) is 1. The smallest absolute Gasteiger partial charge is 0.245 e. The van der Waals surface area contributed by atoms with Gasteiger partial charge in [-0.2, -0.15) is 0 Å². The maximum Gasteiger partial charge on any atom is 0.245 e. The number of hydrogen-bond acceptors (Lipinski definition) is 5. The Kier molecular flexibility index (Phi) is 7.72. The summed E-state index contributed by atoms with van der Waals surface area (Å²) >= 11 is 0. The van der Waals surface area contributed by atoms with E-state index in [1.54, 1.807) is 23.2 Å². The zero-order valence-electron chi connectivity index (χ0n) is 15.4. The molecule has 0 bridgehead atoms. The molecular weight excluding hydrogens is 334 g/mol. The van der Waals surface area contributed by atoms with E-state index < -0.39 is 6.04 Å². The fourth-order valence-corrected chi connectivity index (χ4v) is 2.86. The number of pyridine rings is 1. The molecule has 1 atom stereocenters. The van der Waals surface area contributed by atoms with Crippen LogP contribution in [0.3, 0.4) is 0 Å². The summed E-state index contributed by atoms with van der Waals surface area (Å²) in [5, 5.41) is 2.81. The molecule has 0 radical (unpaired) electrons. The first-order valence-corrected chi connectivity index (χ1v) is 9.06. The van der Waals surface area contributed by atoms with Crippen LogP contribution in [0.15, 0.2) is 24.5 Å². The van der Waals surface area contributed by atoms with Gasteiger partial charge in [0, 0.05) is 43.9 Å². The van der Waals surface area contributed by atoms with Crippen molar-refractivity contribution < 1.29 is 19.1 Å². The maximum absolute atomic E-state index is 12.7. The van der Waals surface area contributed by atoms with Gasteiger partial charge in [0.1, 0.15) is 6.04 Å². The Hall–Kier alpha value is -2.28. The van der Waals surface area contributed by atoms with E-state index in [1.165, 1.54) is 6.20 Å². The van der Waals surface area contributed by atoms with E-state index in [1.807, 2.05) is 13.8 Å². The number of ketones is 1. The molecule has 1 saturated heterocycles. The van der Waals surface area contributed by atoms with Crippen molar-refractivity contribution in [2.45, 2.75) is 39.2 Å². The number of amides is 2. The molecule has 1 unspecified atom stereocenters. The summed E-state index contributed by atoms with van der Waals surface area (Å²) < 4.78 is 5.27. The van der Waals surface area contributed by atoms with Crippen LogP contribution in [0.25, 0.3) is 0 Å². The van der Waals surface area contributed by atoms with Gasteiger partial charge < -0.3 is 15.0 Å². The molecule has 1 aromatic heterocycles. The lowest BCUT2D eigenvalue weighted by Gasteiger charge is -2.31. The summed E-state index contributed by atoms with van der Waals surface area (Å²) in [6, 6.07) is 2.80. The normalized spacial score (nSPS) is 15.6. The summed E-state index contributed by atoms with van der Waals surface area (Å²) in [4.78, 5) is 42.7. The molecule has 1 fully saturated rings. The van der Waals surface area contributed by atoms with E-state index in [0.717, 1.165) is 0 Å². The average Bonchev–Trinajstić information content (AvgIpc) is 2.66. The van der Waals surface area contributed by atoms with Crippen LogP contribution in [0.1, 0.15) is 43.5 Å². The standard InChI is InChI=1S/C19H27N3O4/c1-14(2)12-16(19(25)22-8-10-26-11-9-22)21-18(24)6-5-17(23)15-4-3-7-20-13-15/h3-4,7,13-14,16H,5-6,8-12H2,1-2H3,(H,21,24). The van der Waals surface area contributed by atoms with Crippen molar-refractivity contribution in [3.63, 3.8) is 0 Å². The van der Waals surface area contributed by atoms with Crippen molar-refractivity contribution in [2.75, 3.05) is 26.3 Å². The molecule has 142 valence electrons. The first kappa shape index (κ1) is 20.0. The maximum atomic E-state index is 12.7. The Labute approximate surface area is 154 Å². The van der Waals surface area contributed by atoms with Crippen LogP contribution >= 0.6 is 0 Å². The number of aromatic nitrogens is 1. The topological polar surface area (TPSA) is 88.6 Å². The van der Waals surface area contributed by atoms with Crippen LogP contribution in [-0.2, 0) is 14.3 Å². The van der Waals surface area contributed by atoms with Crippen LogP contribution in [0.2, 0.25) is 0 Å². The molecule has 0 aromatic carbocycles. The third-order valence-corrected chi connectivity index (χ3v) is 4.23. The summed E-state index contributed by atoms with van der Waals surface area (Å²) in [7, 11) is 0. The molecule has 7 nitrogen and oxygen atoms in total. The second-order valence-corrected chi connectivity index (χ2v) is 6.85. The molecule has 1 N–H and O–H groups in total. The average molecular weight is 361 g/mol. The highest BCUT2D eigenvalue weighted by Gasteiger charge is 2.27. The zero-order chi connectivity index (χ0) is 18.9. The van der Waals surface area contributed by atoms with E-state index in [9.17, 15) is 14.4 Å². The predicted molar refractivity (Wildman–Crippen MR) is 96.6 cm³/mol. The molecule has 1 aliphatic rings. The molecule has 0 aliphatic carbocycles. The Morgan fingerprint density at radius 1 is 1.23 bits per heavy atom. The Morgan fingerprint density at radius 2 is 1.96 bits per heavy atom. The number of morpholine rings is 1. The van der Waals surface area contributed by atoms with Gasteiger partial charge in [0.05, 0.1) is 13.2 Å². The molecule has 2 rings (SSSR count). The molecule has 7 heteroatoms. The lowest BCUT2D eigenvalue weighted by atomic mass is 10.0. The molecule has 0 saturated carbocycles. The minimum absolute atomic E-state index is 0.0543. The second-order valence-electron chi connectivity index (χ2n) is 6.85. The van der Waals surface area contributed by atoms with Gasteiger partial charge in [-0.1, -0.05) is 13.8 Å². The van der Waals surface area contributed by atoms with E-state index in [2.05, 4.69) is 10.3 Å². The first-order chi connectivity index (χ1) is 12.5. The highest BCUT2D eigenvalue weighted by atomic mass is 16.5. The van der Waals surface area contributed by atoms with Crippen LogP contribution < -0.4 is 5.32 Å². The van der Waals surface area contributed by atoms with Crippen molar-refractivity contribution >= 4 is 17.6 Å². The van der Waals surface area contributed by atoms with Gasteiger partial charge >= 0.3 is 0 Å². The van der Waals surface area contributed by atoms with Crippen molar-refractivity contribution in [3.8, 4) is 0 Å². The minimum atomic E-state index is -0.561. The summed E-state index contributed by atoms with van der Waals surface area (Å²) in [5.74, 6) is -0.223. The Bertz CT molecular complexity index is 612.